The van der Waals surface area contributed by atoms with Gasteiger partial charge in [-0.15, -0.1) is 4.40 Å². The lowest BCUT2D eigenvalue weighted by atomic mass is 10.1. The zero-order valence-electron chi connectivity index (χ0n) is 15.6. The van der Waals surface area contributed by atoms with E-state index in [1.54, 1.807) is 56.3 Å². The first-order valence-corrected chi connectivity index (χ1v) is 10.8. The predicted octanol–water partition coefficient (Wildman–Crippen LogP) is 5.56. The van der Waals surface area contributed by atoms with Crippen LogP contribution in [-0.4, -0.2) is 19.4 Å². The van der Waals surface area contributed by atoms with E-state index in [-0.39, 0.29) is 26.5 Å². The summed E-state index contributed by atoms with van der Waals surface area (Å²) in [5.74, 6) is -0.109. The smallest absolute Gasteiger partial charge is 0.284 e. The number of nitrogens with zero attached hydrogens (tertiary/aromatic N) is 1. The second-order valence-corrected chi connectivity index (χ2v) is 8.68. The van der Waals surface area contributed by atoms with Crippen LogP contribution in [0.15, 0.2) is 70.0 Å². The molecule has 3 aromatic carbocycles. The maximum Gasteiger partial charge on any atom is 0.284 e. The lowest BCUT2D eigenvalue weighted by Crippen LogP contribution is -2.18. The molecule has 0 fully saturated rings. The van der Waals surface area contributed by atoms with E-state index >= 15 is 0 Å². The SMILES string of the molecule is Cc1c(Cl)c(O)c(Cl)c(C)c1NC(=NS(=O)(=O)c1ccccc1)c1ccccc1. The summed E-state index contributed by atoms with van der Waals surface area (Å²) in [7, 11) is -3.97. The molecule has 0 saturated heterocycles. The third-order valence-corrected chi connectivity index (χ3v) is 6.58. The topological polar surface area (TPSA) is 78.8 Å². The Bertz CT molecular complexity index is 1150. The van der Waals surface area contributed by atoms with Crippen molar-refractivity contribution in [1.29, 1.82) is 0 Å². The molecule has 2 N–H and O–H groups in total. The second kappa shape index (κ2) is 8.45. The molecular weight excluding hydrogens is 431 g/mol. The van der Waals surface area contributed by atoms with Gasteiger partial charge in [0, 0.05) is 11.3 Å². The summed E-state index contributed by atoms with van der Waals surface area (Å²) in [5, 5.41) is 13.3. The zero-order valence-corrected chi connectivity index (χ0v) is 18.0. The summed E-state index contributed by atoms with van der Waals surface area (Å²) in [5.41, 5.74) is 2.08. The van der Waals surface area contributed by atoms with Crippen molar-refractivity contribution in [2.45, 2.75) is 18.7 Å². The average molecular weight is 449 g/mol. The van der Waals surface area contributed by atoms with Gasteiger partial charge in [0.15, 0.2) is 11.6 Å². The Morgan fingerprint density at radius 3 is 1.90 bits per heavy atom. The number of hydrogen-bond donors (Lipinski definition) is 2. The van der Waals surface area contributed by atoms with Crippen LogP contribution >= 0.6 is 23.2 Å². The van der Waals surface area contributed by atoms with Gasteiger partial charge in [0.25, 0.3) is 10.0 Å². The molecule has 3 rings (SSSR count). The molecule has 0 amide bonds. The summed E-state index contributed by atoms with van der Waals surface area (Å²) in [4.78, 5) is 0.0745. The fourth-order valence-corrected chi connectivity index (χ4v) is 4.19. The minimum atomic E-state index is -3.97. The van der Waals surface area contributed by atoms with E-state index in [1.807, 2.05) is 6.07 Å². The molecule has 0 radical (unpaired) electrons. The van der Waals surface area contributed by atoms with Crippen molar-refractivity contribution in [3.8, 4) is 5.75 Å². The Morgan fingerprint density at radius 2 is 1.38 bits per heavy atom. The lowest BCUT2D eigenvalue weighted by Gasteiger charge is -2.18. The highest BCUT2D eigenvalue weighted by Crippen LogP contribution is 2.42. The molecule has 0 bridgehead atoms. The number of rotatable bonds is 4. The van der Waals surface area contributed by atoms with Gasteiger partial charge in [0.05, 0.1) is 14.9 Å². The van der Waals surface area contributed by atoms with Crippen LogP contribution in [0.1, 0.15) is 16.7 Å². The number of halogens is 2. The van der Waals surface area contributed by atoms with Gasteiger partial charge in [0.2, 0.25) is 0 Å². The first-order chi connectivity index (χ1) is 13.7. The van der Waals surface area contributed by atoms with E-state index in [1.165, 1.54) is 12.1 Å². The molecule has 0 heterocycles. The van der Waals surface area contributed by atoms with Crippen LogP contribution in [0.2, 0.25) is 10.0 Å². The number of aromatic hydroxyl groups is 1. The Kier molecular flexibility index (Phi) is 6.17. The molecule has 0 spiro atoms. The number of phenolic OH excluding ortho intramolecular Hbond substituents is 1. The highest BCUT2D eigenvalue weighted by atomic mass is 35.5. The van der Waals surface area contributed by atoms with Crippen molar-refractivity contribution >= 4 is 44.7 Å². The maximum atomic E-state index is 12.8. The third kappa shape index (κ3) is 4.40. The maximum absolute atomic E-state index is 12.8. The molecule has 0 unspecified atom stereocenters. The van der Waals surface area contributed by atoms with Crippen LogP contribution in [0, 0.1) is 13.8 Å². The van der Waals surface area contributed by atoms with Gasteiger partial charge in [-0.05, 0) is 37.1 Å². The molecule has 0 saturated carbocycles. The molecule has 3 aromatic rings. The summed E-state index contributed by atoms with van der Waals surface area (Å²) >= 11 is 12.4. The first kappa shape index (κ1) is 21.2. The van der Waals surface area contributed by atoms with Gasteiger partial charge in [-0.2, -0.15) is 8.42 Å². The molecule has 0 aliphatic carbocycles. The minimum Gasteiger partial charge on any atom is -0.505 e. The van der Waals surface area contributed by atoms with Crippen LogP contribution in [0.5, 0.6) is 5.75 Å². The van der Waals surface area contributed by atoms with Gasteiger partial charge in [0.1, 0.15) is 0 Å². The molecule has 0 aliphatic heterocycles. The van der Waals surface area contributed by atoms with E-state index in [2.05, 4.69) is 9.71 Å². The quantitative estimate of drug-likeness (QED) is 0.310. The summed E-state index contributed by atoms with van der Waals surface area (Å²) in [6, 6.07) is 16.8. The van der Waals surface area contributed by atoms with Crippen molar-refractivity contribution in [3.63, 3.8) is 0 Å². The van der Waals surface area contributed by atoms with Crippen molar-refractivity contribution in [2.75, 3.05) is 5.32 Å². The van der Waals surface area contributed by atoms with Gasteiger partial charge < -0.3 is 10.4 Å². The Hall–Kier alpha value is -2.54. The number of nitrogens with one attached hydrogen (secondary N) is 1. The molecule has 8 heteroatoms. The van der Waals surface area contributed by atoms with Crippen molar-refractivity contribution < 1.29 is 13.5 Å². The number of benzene rings is 3. The molecule has 0 aromatic heterocycles. The molecular formula is C21H18Cl2N2O3S. The standard InChI is InChI=1S/C21H18Cl2N2O3S/c1-13-17(22)20(26)18(23)14(2)19(13)24-21(15-9-5-3-6-10-15)25-29(27,28)16-11-7-4-8-12-16/h3-12,26H,1-2H3,(H,24,25). The number of anilines is 1. The van der Waals surface area contributed by atoms with Gasteiger partial charge in [-0.25, -0.2) is 0 Å². The van der Waals surface area contributed by atoms with E-state index in [0.29, 0.717) is 22.4 Å². The molecule has 150 valence electrons. The molecule has 29 heavy (non-hydrogen) atoms. The average Bonchev–Trinajstić information content (AvgIpc) is 2.74. The van der Waals surface area contributed by atoms with E-state index in [9.17, 15) is 13.5 Å². The Labute approximate surface area is 179 Å². The van der Waals surface area contributed by atoms with Crippen LogP contribution in [0.25, 0.3) is 0 Å². The molecule has 5 nitrogen and oxygen atoms in total. The lowest BCUT2D eigenvalue weighted by molar-refractivity contribution is 0.475. The van der Waals surface area contributed by atoms with E-state index < -0.39 is 10.0 Å². The van der Waals surface area contributed by atoms with Crippen molar-refractivity contribution in [3.05, 3.63) is 87.4 Å². The Morgan fingerprint density at radius 1 is 0.897 bits per heavy atom. The highest BCUT2D eigenvalue weighted by molar-refractivity contribution is 7.90. The number of sulfonamides is 1. The van der Waals surface area contributed by atoms with Crippen LogP contribution < -0.4 is 5.32 Å². The van der Waals surface area contributed by atoms with Crippen molar-refractivity contribution in [1.82, 2.24) is 0 Å². The summed E-state index contributed by atoms with van der Waals surface area (Å²) < 4.78 is 29.7. The molecule has 0 aliphatic rings. The normalized spacial score (nSPS) is 12.1. The number of phenols is 1. The Balaban J connectivity index is 2.18. The summed E-state index contributed by atoms with van der Waals surface area (Å²) in [6.07, 6.45) is 0. The molecule has 0 atom stereocenters. The zero-order chi connectivity index (χ0) is 21.2. The fraction of sp³-hybridized carbons (Fsp3) is 0.0952. The third-order valence-electron chi connectivity index (χ3n) is 4.37. The number of hydrogen-bond acceptors (Lipinski definition) is 3. The second-order valence-electron chi connectivity index (χ2n) is 6.32. The number of amidine groups is 1. The van der Waals surface area contributed by atoms with Crippen LogP contribution in [0.4, 0.5) is 5.69 Å². The predicted molar refractivity (Wildman–Crippen MR) is 118 cm³/mol. The van der Waals surface area contributed by atoms with Crippen LogP contribution in [0.3, 0.4) is 0 Å². The minimum absolute atomic E-state index is 0.0745. The van der Waals surface area contributed by atoms with E-state index in [4.69, 9.17) is 23.2 Å². The van der Waals surface area contributed by atoms with Crippen molar-refractivity contribution in [2.24, 2.45) is 4.40 Å². The fourth-order valence-electron chi connectivity index (χ4n) is 2.77. The summed E-state index contributed by atoms with van der Waals surface area (Å²) in [6.45, 7) is 3.39. The van der Waals surface area contributed by atoms with Gasteiger partial charge in [-0.1, -0.05) is 71.7 Å². The van der Waals surface area contributed by atoms with Crippen LogP contribution in [-0.2, 0) is 10.0 Å². The monoisotopic (exact) mass is 448 g/mol. The van der Waals surface area contributed by atoms with E-state index in [0.717, 1.165) is 0 Å². The highest BCUT2D eigenvalue weighted by Gasteiger charge is 2.20. The first-order valence-electron chi connectivity index (χ1n) is 8.62. The van der Waals surface area contributed by atoms with Gasteiger partial charge >= 0.3 is 0 Å². The van der Waals surface area contributed by atoms with Gasteiger partial charge in [-0.3, -0.25) is 0 Å². The largest absolute Gasteiger partial charge is 0.505 e.